The molecule has 1 amide bonds. The van der Waals surface area contributed by atoms with Crippen molar-refractivity contribution < 1.29 is 18.7 Å². The molecular weight excluding hydrogens is 345 g/mol. The van der Waals surface area contributed by atoms with E-state index in [0.29, 0.717) is 24.8 Å². The van der Waals surface area contributed by atoms with Crippen LogP contribution in [-0.4, -0.2) is 31.6 Å². The standard InChI is InChI=1S/C22H24FNO3/c1-26-19-11-16-9-10-24(13-17(16)12-20(19)27-2)22(25)21(14-3-4-14)15-5-7-18(23)8-6-15/h5-8,11-12,14,21H,3-4,9-10,13H2,1-2H3. The van der Waals surface area contributed by atoms with Gasteiger partial charge in [0.1, 0.15) is 5.82 Å². The quantitative estimate of drug-likeness (QED) is 0.802. The Kier molecular flexibility index (Phi) is 4.77. The van der Waals surface area contributed by atoms with E-state index in [1.807, 2.05) is 17.0 Å². The highest BCUT2D eigenvalue weighted by Crippen LogP contribution is 2.44. The van der Waals surface area contributed by atoms with Crippen LogP contribution in [0.25, 0.3) is 0 Å². The predicted molar refractivity (Wildman–Crippen MR) is 101 cm³/mol. The van der Waals surface area contributed by atoms with E-state index in [1.54, 1.807) is 26.4 Å². The lowest BCUT2D eigenvalue weighted by atomic mass is 9.91. The van der Waals surface area contributed by atoms with Gasteiger partial charge in [-0.2, -0.15) is 0 Å². The van der Waals surface area contributed by atoms with E-state index in [-0.39, 0.29) is 17.6 Å². The molecule has 1 aliphatic carbocycles. The molecule has 1 aliphatic heterocycles. The molecule has 5 heteroatoms. The Morgan fingerprint density at radius 2 is 1.70 bits per heavy atom. The lowest BCUT2D eigenvalue weighted by molar-refractivity contribution is -0.134. The fourth-order valence-electron chi connectivity index (χ4n) is 3.98. The van der Waals surface area contributed by atoms with Crippen LogP contribution in [0.1, 0.15) is 35.4 Å². The minimum atomic E-state index is -0.270. The average Bonchev–Trinajstić information content (AvgIpc) is 3.53. The van der Waals surface area contributed by atoms with Crippen LogP contribution >= 0.6 is 0 Å². The summed E-state index contributed by atoms with van der Waals surface area (Å²) in [6.07, 6.45) is 2.91. The molecule has 1 fully saturated rings. The van der Waals surface area contributed by atoms with Crippen molar-refractivity contribution in [1.82, 2.24) is 4.90 Å². The Balaban J connectivity index is 1.58. The number of hydrogen-bond donors (Lipinski definition) is 0. The zero-order valence-corrected chi connectivity index (χ0v) is 15.7. The molecule has 142 valence electrons. The van der Waals surface area contributed by atoms with Crippen LogP contribution in [0.2, 0.25) is 0 Å². The molecule has 1 atom stereocenters. The summed E-state index contributed by atoms with van der Waals surface area (Å²) < 4.78 is 24.1. The number of hydrogen-bond acceptors (Lipinski definition) is 3. The number of methoxy groups -OCH3 is 2. The van der Waals surface area contributed by atoms with Gasteiger partial charge in [-0.15, -0.1) is 0 Å². The van der Waals surface area contributed by atoms with Crippen molar-refractivity contribution in [2.75, 3.05) is 20.8 Å². The summed E-state index contributed by atoms with van der Waals surface area (Å²) in [5.41, 5.74) is 3.21. The maximum Gasteiger partial charge on any atom is 0.230 e. The van der Waals surface area contributed by atoms with E-state index < -0.39 is 0 Å². The first-order chi connectivity index (χ1) is 13.1. The SMILES string of the molecule is COc1cc2c(cc1OC)CN(C(=O)C(c1ccc(F)cc1)C1CC1)CC2. The number of carbonyl (C=O) groups excluding carboxylic acids is 1. The van der Waals surface area contributed by atoms with Crippen LogP contribution in [0.15, 0.2) is 36.4 Å². The first kappa shape index (κ1) is 17.8. The molecule has 0 N–H and O–H groups in total. The monoisotopic (exact) mass is 369 g/mol. The Bertz CT molecular complexity index is 845. The molecule has 0 spiro atoms. The van der Waals surface area contributed by atoms with Crippen molar-refractivity contribution in [3.63, 3.8) is 0 Å². The first-order valence-corrected chi connectivity index (χ1v) is 9.38. The molecule has 1 saturated carbocycles. The highest BCUT2D eigenvalue weighted by Gasteiger charge is 2.40. The van der Waals surface area contributed by atoms with Crippen LogP contribution in [0.3, 0.4) is 0 Å². The van der Waals surface area contributed by atoms with E-state index in [0.717, 1.165) is 36.1 Å². The van der Waals surface area contributed by atoms with E-state index in [2.05, 4.69) is 0 Å². The fourth-order valence-corrected chi connectivity index (χ4v) is 3.98. The number of benzene rings is 2. The second-order valence-electron chi connectivity index (χ2n) is 7.35. The summed E-state index contributed by atoms with van der Waals surface area (Å²) in [6.45, 7) is 1.25. The summed E-state index contributed by atoms with van der Waals surface area (Å²) in [5, 5.41) is 0. The van der Waals surface area contributed by atoms with Crippen LogP contribution in [0, 0.1) is 11.7 Å². The first-order valence-electron chi connectivity index (χ1n) is 9.38. The molecule has 0 saturated heterocycles. The summed E-state index contributed by atoms with van der Waals surface area (Å²) in [7, 11) is 3.25. The van der Waals surface area contributed by atoms with Crippen LogP contribution in [0.4, 0.5) is 4.39 Å². The van der Waals surface area contributed by atoms with E-state index in [1.165, 1.54) is 17.7 Å². The molecule has 2 aliphatic rings. The van der Waals surface area contributed by atoms with E-state index in [9.17, 15) is 9.18 Å². The van der Waals surface area contributed by atoms with E-state index in [4.69, 9.17) is 9.47 Å². The largest absolute Gasteiger partial charge is 0.493 e. The van der Waals surface area contributed by atoms with Crippen LogP contribution in [0.5, 0.6) is 11.5 Å². The Labute approximate surface area is 158 Å². The van der Waals surface area contributed by atoms with Gasteiger partial charge in [0.15, 0.2) is 11.5 Å². The highest BCUT2D eigenvalue weighted by atomic mass is 19.1. The van der Waals surface area contributed by atoms with E-state index >= 15 is 0 Å². The number of halogens is 1. The van der Waals surface area contributed by atoms with Gasteiger partial charge in [0, 0.05) is 13.1 Å². The smallest absolute Gasteiger partial charge is 0.230 e. The predicted octanol–water partition coefficient (Wildman–Crippen LogP) is 3.92. The minimum Gasteiger partial charge on any atom is -0.493 e. The van der Waals surface area contributed by atoms with Gasteiger partial charge in [0.2, 0.25) is 5.91 Å². The number of nitrogens with zero attached hydrogens (tertiary/aromatic N) is 1. The molecule has 0 radical (unpaired) electrons. The maximum atomic E-state index is 13.3. The van der Waals surface area contributed by atoms with Gasteiger partial charge in [-0.05, 0) is 66.1 Å². The number of carbonyl (C=O) groups is 1. The van der Waals surface area contributed by atoms with Gasteiger partial charge in [0.05, 0.1) is 20.1 Å². The van der Waals surface area contributed by atoms with Gasteiger partial charge in [0.25, 0.3) is 0 Å². The molecule has 2 aromatic carbocycles. The number of rotatable bonds is 5. The van der Waals surface area contributed by atoms with Crippen molar-refractivity contribution in [3.05, 3.63) is 58.9 Å². The summed E-state index contributed by atoms with van der Waals surface area (Å²) in [5.74, 6) is 1.47. The lowest BCUT2D eigenvalue weighted by Crippen LogP contribution is -2.39. The Hall–Kier alpha value is -2.56. The summed E-state index contributed by atoms with van der Waals surface area (Å²) in [4.78, 5) is 15.3. The van der Waals surface area contributed by atoms with Crippen molar-refractivity contribution >= 4 is 5.91 Å². The Morgan fingerprint density at radius 3 is 2.30 bits per heavy atom. The number of amides is 1. The molecule has 1 heterocycles. The third-order valence-electron chi connectivity index (χ3n) is 5.62. The summed E-state index contributed by atoms with van der Waals surface area (Å²) >= 11 is 0. The third kappa shape index (κ3) is 3.51. The number of fused-ring (bicyclic) bond motifs is 1. The van der Waals surface area contributed by atoms with Gasteiger partial charge >= 0.3 is 0 Å². The van der Waals surface area contributed by atoms with Gasteiger partial charge < -0.3 is 14.4 Å². The fraction of sp³-hybridized carbons (Fsp3) is 0.409. The minimum absolute atomic E-state index is 0.143. The average molecular weight is 369 g/mol. The molecule has 4 rings (SSSR count). The topological polar surface area (TPSA) is 38.8 Å². The van der Waals surface area contributed by atoms with Gasteiger partial charge in [-0.3, -0.25) is 4.79 Å². The summed E-state index contributed by atoms with van der Waals surface area (Å²) in [6, 6.07) is 10.4. The lowest BCUT2D eigenvalue weighted by Gasteiger charge is -2.32. The molecule has 2 aromatic rings. The zero-order chi connectivity index (χ0) is 19.0. The highest BCUT2D eigenvalue weighted by molar-refractivity contribution is 5.84. The van der Waals surface area contributed by atoms with Crippen molar-refractivity contribution in [2.45, 2.75) is 31.7 Å². The van der Waals surface area contributed by atoms with Crippen molar-refractivity contribution in [1.29, 1.82) is 0 Å². The van der Waals surface area contributed by atoms with Crippen molar-refractivity contribution in [3.8, 4) is 11.5 Å². The van der Waals surface area contributed by atoms with Gasteiger partial charge in [-0.25, -0.2) is 4.39 Å². The molecule has 0 aromatic heterocycles. The third-order valence-corrected chi connectivity index (χ3v) is 5.62. The molecule has 0 bridgehead atoms. The molecule has 1 unspecified atom stereocenters. The molecule has 4 nitrogen and oxygen atoms in total. The molecular formula is C22H24FNO3. The Morgan fingerprint density at radius 1 is 1.07 bits per heavy atom. The zero-order valence-electron chi connectivity index (χ0n) is 15.7. The number of ether oxygens (including phenoxy) is 2. The molecule has 27 heavy (non-hydrogen) atoms. The van der Waals surface area contributed by atoms with Crippen LogP contribution in [-0.2, 0) is 17.8 Å². The maximum absolute atomic E-state index is 13.3. The second-order valence-corrected chi connectivity index (χ2v) is 7.35. The second kappa shape index (κ2) is 7.22. The normalized spacial score (nSPS) is 17.2. The van der Waals surface area contributed by atoms with Crippen molar-refractivity contribution in [2.24, 2.45) is 5.92 Å². The van der Waals surface area contributed by atoms with Crippen LogP contribution < -0.4 is 9.47 Å². The van der Waals surface area contributed by atoms with Gasteiger partial charge in [-0.1, -0.05) is 12.1 Å².